The van der Waals surface area contributed by atoms with E-state index >= 15 is 0 Å². The summed E-state index contributed by atoms with van der Waals surface area (Å²) >= 11 is 0. The van der Waals surface area contributed by atoms with Crippen LogP contribution < -0.4 is 0 Å². The molecule has 2 aromatic heterocycles. The van der Waals surface area contributed by atoms with Crippen LogP contribution in [0.4, 0.5) is 0 Å². The maximum absolute atomic E-state index is 2.44. The van der Waals surface area contributed by atoms with Gasteiger partial charge in [-0.2, -0.15) is 0 Å². The number of fused-ring (bicyclic) bond motifs is 8. The van der Waals surface area contributed by atoms with Crippen LogP contribution in [0.5, 0.6) is 0 Å². The molecule has 12 aromatic rings. The van der Waals surface area contributed by atoms with Gasteiger partial charge in [-0.1, -0.05) is 163 Å². The summed E-state index contributed by atoms with van der Waals surface area (Å²) in [6.07, 6.45) is 0. The predicted octanol–water partition coefficient (Wildman–Crippen LogP) is 15.5. The van der Waals surface area contributed by atoms with Gasteiger partial charge in [0.05, 0.1) is 22.1 Å². The van der Waals surface area contributed by atoms with Gasteiger partial charge in [-0.15, -0.1) is 0 Å². The molecular weight excluding hydrogens is 713 g/mol. The molecular formula is C57H38N2. The van der Waals surface area contributed by atoms with Gasteiger partial charge < -0.3 is 9.13 Å². The van der Waals surface area contributed by atoms with Crippen molar-refractivity contribution in [3.8, 4) is 44.8 Å². The van der Waals surface area contributed by atoms with Crippen LogP contribution in [0.25, 0.3) is 110 Å². The number of aromatic nitrogens is 2. The predicted molar refractivity (Wildman–Crippen MR) is 251 cm³/mol. The van der Waals surface area contributed by atoms with E-state index in [2.05, 4.69) is 228 Å². The van der Waals surface area contributed by atoms with Crippen molar-refractivity contribution in [2.24, 2.45) is 0 Å². The van der Waals surface area contributed by atoms with Gasteiger partial charge in [0.15, 0.2) is 0 Å². The first kappa shape index (κ1) is 33.5. The molecule has 2 nitrogen and oxygen atoms in total. The van der Waals surface area contributed by atoms with Gasteiger partial charge in [0.1, 0.15) is 0 Å². The molecule has 0 unspecified atom stereocenters. The van der Waals surface area contributed by atoms with Crippen LogP contribution in [0.1, 0.15) is 5.56 Å². The van der Waals surface area contributed by atoms with Gasteiger partial charge in [0.2, 0.25) is 0 Å². The van der Waals surface area contributed by atoms with Crippen LogP contribution >= 0.6 is 0 Å². The first-order chi connectivity index (χ1) is 29.2. The van der Waals surface area contributed by atoms with Crippen molar-refractivity contribution in [3.05, 3.63) is 218 Å². The highest BCUT2D eigenvalue weighted by Gasteiger charge is 2.19. The highest BCUT2D eigenvalue weighted by Crippen LogP contribution is 2.44. The van der Waals surface area contributed by atoms with E-state index in [-0.39, 0.29) is 0 Å². The minimum Gasteiger partial charge on any atom is -0.309 e. The van der Waals surface area contributed by atoms with Crippen molar-refractivity contribution in [1.29, 1.82) is 0 Å². The van der Waals surface area contributed by atoms with Crippen molar-refractivity contribution >= 4 is 65.2 Å². The number of benzene rings is 10. The Morgan fingerprint density at radius 2 is 0.644 bits per heavy atom. The van der Waals surface area contributed by atoms with Gasteiger partial charge in [0.25, 0.3) is 0 Å². The number of rotatable bonds is 5. The third-order valence-corrected chi connectivity index (χ3v) is 12.4. The van der Waals surface area contributed by atoms with Crippen molar-refractivity contribution in [2.75, 3.05) is 0 Å². The molecule has 0 fully saturated rings. The summed E-state index contributed by atoms with van der Waals surface area (Å²) in [6.45, 7) is 2.14. The zero-order chi connectivity index (χ0) is 39.0. The zero-order valence-electron chi connectivity index (χ0n) is 32.6. The molecule has 276 valence electrons. The molecule has 0 radical (unpaired) electrons. The van der Waals surface area contributed by atoms with Gasteiger partial charge >= 0.3 is 0 Å². The highest BCUT2D eigenvalue weighted by molar-refractivity contribution is 6.21. The molecule has 0 aliphatic carbocycles. The molecule has 2 heteroatoms. The molecule has 0 atom stereocenters. The standard InChI is InChI=1S/C57H38N2/c1-37-23-29-42(30-24-37)58-53-22-12-10-16-45(53)51-35-40(28-34-54(51)58)41-27-33-46-44-15-9-11-21-52(44)59(55(46)36-41)43-31-25-39(26-32-43)57-49-19-7-5-17-47(49)56(38-13-3-2-4-14-38)48-18-6-8-20-50(48)57/h2-36H,1H3. The lowest BCUT2D eigenvalue weighted by Gasteiger charge is -2.18. The summed E-state index contributed by atoms with van der Waals surface area (Å²) in [5, 5.41) is 10.1. The fraction of sp³-hybridized carbons (Fsp3) is 0.0175. The molecule has 0 amide bonds. The highest BCUT2D eigenvalue weighted by atomic mass is 15.0. The third-order valence-electron chi connectivity index (χ3n) is 12.4. The fourth-order valence-electron chi connectivity index (χ4n) is 9.69. The Balaban J connectivity index is 1.01. The maximum atomic E-state index is 2.44. The molecule has 2 heterocycles. The van der Waals surface area contributed by atoms with Crippen molar-refractivity contribution in [3.63, 3.8) is 0 Å². The van der Waals surface area contributed by atoms with E-state index in [4.69, 9.17) is 0 Å². The second-order valence-corrected chi connectivity index (χ2v) is 15.8. The van der Waals surface area contributed by atoms with E-state index in [1.165, 1.54) is 110 Å². The van der Waals surface area contributed by atoms with Gasteiger partial charge in [0, 0.05) is 32.9 Å². The number of hydrogen-bond donors (Lipinski definition) is 0. The van der Waals surface area contributed by atoms with Crippen LogP contribution in [0.15, 0.2) is 212 Å². The van der Waals surface area contributed by atoms with Crippen LogP contribution in [0, 0.1) is 6.92 Å². The molecule has 0 bridgehead atoms. The summed E-state index contributed by atoms with van der Waals surface area (Å²) < 4.78 is 4.83. The van der Waals surface area contributed by atoms with Crippen LogP contribution in [-0.2, 0) is 0 Å². The van der Waals surface area contributed by atoms with E-state index in [0.717, 1.165) is 5.69 Å². The first-order valence-corrected chi connectivity index (χ1v) is 20.4. The Kier molecular flexibility index (Phi) is 7.48. The molecule has 12 rings (SSSR count). The minimum atomic E-state index is 1.14. The van der Waals surface area contributed by atoms with E-state index in [0.29, 0.717) is 0 Å². The minimum absolute atomic E-state index is 1.14. The van der Waals surface area contributed by atoms with E-state index < -0.39 is 0 Å². The Morgan fingerprint density at radius 1 is 0.254 bits per heavy atom. The average molecular weight is 751 g/mol. The second kappa shape index (κ2) is 13.2. The second-order valence-electron chi connectivity index (χ2n) is 15.8. The molecule has 10 aromatic carbocycles. The van der Waals surface area contributed by atoms with Gasteiger partial charge in [-0.25, -0.2) is 0 Å². The van der Waals surface area contributed by atoms with Crippen LogP contribution in [0.2, 0.25) is 0 Å². The SMILES string of the molecule is Cc1ccc(-n2c3ccccc3c3cc(-c4ccc5c6ccccc6n(-c6ccc(-c7c8ccccc8c(-c8ccccc8)c8ccccc78)cc6)c5c4)ccc32)cc1. The summed E-state index contributed by atoms with van der Waals surface area (Å²) in [4.78, 5) is 0. The van der Waals surface area contributed by atoms with Crippen molar-refractivity contribution in [1.82, 2.24) is 9.13 Å². The lowest BCUT2D eigenvalue weighted by molar-refractivity contribution is 1.17. The van der Waals surface area contributed by atoms with E-state index in [9.17, 15) is 0 Å². The molecule has 0 saturated carbocycles. The summed E-state index contributed by atoms with van der Waals surface area (Å²) in [5.41, 5.74) is 15.8. The van der Waals surface area contributed by atoms with E-state index in [1.807, 2.05) is 0 Å². The summed E-state index contributed by atoms with van der Waals surface area (Å²) in [7, 11) is 0. The Morgan fingerprint density at radius 3 is 1.24 bits per heavy atom. The van der Waals surface area contributed by atoms with Crippen LogP contribution in [-0.4, -0.2) is 9.13 Å². The molecule has 0 aliphatic heterocycles. The average Bonchev–Trinajstić information content (AvgIpc) is 3.81. The van der Waals surface area contributed by atoms with Gasteiger partial charge in [-0.05, 0) is 116 Å². The smallest absolute Gasteiger partial charge is 0.0547 e. The van der Waals surface area contributed by atoms with E-state index in [1.54, 1.807) is 0 Å². The number of hydrogen-bond acceptors (Lipinski definition) is 0. The quantitative estimate of drug-likeness (QED) is 0.155. The molecule has 0 N–H and O–H groups in total. The number of nitrogens with zero attached hydrogens (tertiary/aromatic N) is 2. The Bertz CT molecular complexity index is 3530. The maximum Gasteiger partial charge on any atom is 0.0547 e. The lowest BCUT2D eigenvalue weighted by atomic mass is 9.86. The summed E-state index contributed by atoms with van der Waals surface area (Å²) in [6, 6.07) is 78.1. The summed E-state index contributed by atoms with van der Waals surface area (Å²) in [5.74, 6) is 0. The lowest BCUT2D eigenvalue weighted by Crippen LogP contribution is -1.95. The first-order valence-electron chi connectivity index (χ1n) is 20.4. The largest absolute Gasteiger partial charge is 0.309 e. The molecule has 59 heavy (non-hydrogen) atoms. The molecule has 0 saturated heterocycles. The third kappa shape index (κ3) is 5.20. The normalized spacial score (nSPS) is 11.8. The van der Waals surface area contributed by atoms with Gasteiger partial charge in [-0.3, -0.25) is 0 Å². The topological polar surface area (TPSA) is 9.86 Å². The molecule has 0 spiro atoms. The fourth-order valence-corrected chi connectivity index (χ4v) is 9.69. The monoisotopic (exact) mass is 750 g/mol. The van der Waals surface area contributed by atoms with Crippen molar-refractivity contribution in [2.45, 2.75) is 6.92 Å². The zero-order valence-corrected chi connectivity index (χ0v) is 32.6. The Labute approximate surface area is 342 Å². The number of aryl methyl sites for hydroxylation is 1. The molecule has 0 aliphatic rings. The Hall–Kier alpha value is -7.68. The van der Waals surface area contributed by atoms with Crippen LogP contribution in [0.3, 0.4) is 0 Å². The number of para-hydroxylation sites is 2. The van der Waals surface area contributed by atoms with Crippen molar-refractivity contribution < 1.29 is 0 Å².